The molecule has 2 atom stereocenters. The molecular weight excluding hydrogens is 329 g/mol. The number of carbonyl (C=O) groups excluding carboxylic acids is 1. The van der Waals surface area contributed by atoms with Gasteiger partial charge in [-0.15, -0.1) is 0 Å². The zero-order chi connectivity index (χ0) is 18.2. The Bertz CT molecular complexity index is 700. The molecule has 1 aromatic carbocycles. The van der Waals surface area contributed by atoms with Gasteiger partial charge in [0.2, 0.25) is 5.95 Å². The number of anilines is 1. The largest absolute Gasteiger partial charge is 0.445 e. The number of halogens is 1. The second-order valence-corrected chi connectivity index (χ2v) is 5.40. The molecule has 2 unspecified atom stereocenters. The van der Waals surface area contributed by atoms with Gasteiger partial charge in [-0.05, 0) is 24.1 Å². The summed E-state index contributed by atoms with van der Waals surface area (Å²) in [7, 11) is 0. The first-order valence-electron chi connectivity index (χ1n) is 7.70. The van der Waals surface area contributed by atoms with Crippen molar-refractivity contribution in [3.63, 3.8) is 0 Å². The van der Waals surface area contributed by atoms with E-state index in [1.807, 2.05) is 30.3 Å². The number of aliphatic hydroxyl groups excluding tert-OH is 2. The summed E-state index contributed by atoms with van der Waals surface area (Å²) in [5, 5.41) is 22.4. The maximum atomic E-state index is 13.1. The molecule has 0 fully saturated rings. The lowest BCUT2D eigenvalue weighted by Gasteiger charge is -2.18. The SMILES string of the molecule is Nc1ccc(F)nc1C(O)C(O)CCNC(=O)OCc1ccccc1. The summed E-state index contributed by atoms with van der Waals surface area (Å²) in [5.74, 6) is -0.807. The van der Waals surface area contributed by atoms with Crippen molar-refractivity contribution in [3.05, 3.63) is 59.7 Å². The third kappa shape index (κ3) is 5.70. The predicted octanol–water partition coefficient (Wildman–Crippen LogP) is 1.51. The highest BCUT2D eigenvalue weighted by Crippen LogP contribution is 2.22. The van der Waals surface area contributed by atoms with Crippen LogP contribution in [0.1, 0.15) is 23.8 Å². The molecule has 2 rings (SSSR count). The number of ether oxygens (including phenoxy) is 1. The Morgan fingerprint density at radius 2 is 1.96 bits per heavy atom. The van der Waals surface area contributed by atoms with E-state index in [9.17, 15) is 19.4 Å². The molecule has 0 bridgehead atoms. The third-order valence-electron chi connectivity index (χ3n) is 3.49. The van der Waals surface area contributed by atoms with Crippen molar-refractivity contribution in [1.82, 2.24) is 10.3 Å². The minimum atomic E-state index is -1.46. The van der Waals surface area contributed by atoms with E-state index in [1.165, 1.54) is 6.07 Å². The summed E-state index contributed by atoms with van der Waals surface area (Å²) in [4.78, 5) is 15.1. The molecule has 1 heterocycles. The summed E-state index contributed by atoms with van der Waals surface area (Å²) in [6, 6.07) is 11.5. The fraction of sp³-hybridized carbons (Fsp3) is 0.294. The van der Waals surface area contributed by atoms with Crippen molar-refractivity contribution < 1.29 is 24.1 Å². The number of nitrogens with one attached hydrogen (secondary N) is 1. The Balaban J connectivity index is 1.75. The molecule has 25 heavy (non-hydrogen) atoms. The van der Waals surface area contributed by atoms with E-state index in [-0.39, 0.29) is 31.0 Å². The Morgan fingerprint density at radius 1 is 1.24 bits per heavy atom. The number of aromatic nitrogens is 1. The first-order valence-corrected chi connectivity index (χ1v) is 7.70. The van der Waals surface area contributed by atoms with Crippen LogP contribution in [0, 0.1) is 5.95 Å². The van der Waals surface area contributed by atoms with Crippen LogP contribution >= 0.6 is 0 Å². The fourth-order valence-corrected chi connectivity index (χ4v) is 2.13. The number of benzene rings is 1. The molecule has 0 spiro atoms. The van der Waals surface area contributed by atoms with Crippen molar-refractivity contribution in [1.29, 1.82) is 0 Å². The highest BCUT2D eigenvalue weighted by molar-refractivity contribution is 5.67. The molecule has 134 valence electrons. The molecule has 0 saturated carbocycles. The van der Waals surface area contributed by atoms with Crippen molar-refractivity contribution in [2.24, 2.45) is 0 Å². The second-order valence-electron chi connectivity index (χ2n) is 5.40. The first kappa shape index (κ1) is 18.6. The minimum Gasteiger partial charge on any atom is -0.445 e. The van der Waals surface area contributed by atoms with Crippen LogP contribution in [0.25, 0.3) is 0 Å². The molecule has 0 aliphatic carbocycles. The molecule has 2 aromatic rings. The van der Waals surface area contributed by atoms with Gasteiger partial charge in [0.15, 0.2) is 0 Å². The number of alkyl carbamates (subject to hydrolysis) is 1. The molecule has 0 aliphatic heterocycles. The number of hydrogen-bond acceptors (Lipinski definition) is 6. The van der Waals surface area contributed by atoms with Crippen molar-refractivity contribution in [3.8, 4) is 0 Å². The van der Waals surface area contributed by atoms with E-state index in [4.69, 9.17) is 10.5 Å². The number of nitrogens with two attached hydrogens (primary N) is 1. The smallest absolute Gasteiger partial charge is 0.407 e. The highest BCUT2D eigenvalue weighted by Gasteiger charge is 2.22. The van der Waals surface area contributed by atoms with Crippen LogP contribution in [0.4, 0.5) is 14.9 Å². The number of nitrogen functional groups attached to an aromatic ring is 1. The normalized spacial score (nSPS) is 13.1. The molecule has 1 amide bonds. The molecule has 8 heteroatoms. The number of carbonyl (C=O) groups is 1. The summed E-state index contributed by atoms with van der Waals surface area (Å²) >= 11 is 0. The molecule has 5 N–H and O–H groups in total. The standard InChI is InChI=1S/C17H20FN3O4/c18-14-7-6-12(19)15(21-14)16(23)13(22)8-9-20-17(24)25-10-11-4-2-1-3-5-11/h1-7,13,16,22-23H,8-10,19H2,(H,20,24). The number of rotatable bonds is 7. The minimum absolute atomic E-state index is 0.0131. The van der Waals surface area contributed by atoms with Crippen LogP contribution in [0.2, 0.25) is 0 Å². The number of hydrogen-bond donors (Lipinski definition) is 4. The van der Waals surface area contributed by atoms with Gasteiger partial charge in [0.05, 0.1) is 17.5 Å². The zero-order valence-corrected chi connectivity index (χ0v) is 13.4. The first-order chi connectivity index (χ1) is 12.0. The highest BCUT2D eigenvalue weighted by atomic mass is 19.1. The topological polar surface area (TPSA) is 118 Å². The van der Waals surface area contributed by atoms with Crippen LogP contribution in [0.5, 0.6) is 0 Å². The molecule has 0 aliphatic rings. The van der Waals surface area contributed by atoms with E-state index >= 15 is 0 Å². The molecular formula is C17H20FN3O4. The molecule has 1 aromatic heterocycles. The lowest BCUT2D eigenvalue weighted by molar-refractivity contribution is 0.0112. The number of amides is 1. The Morgan fingerprint density at radius 3 is 2.68 bits per heavy atom. The van der Waals surface area contributed by atoms with E-state index in [1.54, 1.807) is 0 Å². The van der Waals surface area contributed by atoms with E-state index in [0.717, 1.165) is 11.6 Å². The quantitative estimate of drug-likeness (QED) is 0.563. The average Bonchev–Trinajstić information content (AvgIpc) is 2.62. The van der Waals surface area contributed by atoms with Crippen LogP contribution in [0.3, 0.4) is 0 Å². The van der Waals surface area contributed by atoms with Gasteiger partial charge in [-0.2, -0.15) is 4.39 Å². The summed E-state index contributed by atoms with van der Waals surface area (Å²) in [6.07, 6.45) is -3.36. The van der Waals surface area contributed by atoms with Crippen molar-refractivity contribution in [2.75, 3.05) is 12.3 Å². The van der Waals surface area contributed by atoms with Gasteiger partial charge in [0.25, 0.3) is 0 Å². The van der Waals surface area contributed by atoms with Crippen LogP contribution in [-0.4, -0.2) is 33.9 Å². The van der Waals surface area contributed by atoms with E-state index in [2.05, 4.69) is 10.3 Å². The Kier molecular flexibility index (Phi) is 6.67. The van der Waals surface area contributed by atoms with Crippen LogP contribution in [0.15, 0.2) is 42.5 Å². The van der Waals surface area contributed by atoms with E-state index < -0.39 is 24.2 Å². The average molecular weight is 349 g/mol. The summed E-state index contributed by atoms with van der Waals surface area (Å²) < 4.78 is 18.1. The summed E-state index contributed by atoms with van der Waals surface area (Å²) in [6.45, 7) is 0.183. The van der Waals surface area contributed by atoms with Crippen molar-refractivity contribution >= 4 is 11.8 Å². The summed E-state index contributed by atoms with van der Waals surface area (Å²) in [5.41, 5.74) is 6.39. The third-order valence-corrected chi connectivity index (χ3v) is 3.49. The predicted molar refractivity (Wildman–Crippen MR) is 88.8 cm³/mol. The molecule has 0 radical (unpaired) electrons. The Hall–Kier alpha value is -2.71. The maximum Gasteiger partial charge on any atom is 0.407 e. The van der Waals surface area contributed by atoms with Gasteiger partial charge in [-0.25, -0.2) is 9.78 Å². The maximum absolute atomic E-state index is 13.1. The molecule has 0 saturated heterocycles. The zero-order valence-electron chi connectivity index (χ0n) is 13.4. The van der Waals surface area contributed by atoms with Gasteiger partial charge in [0.1, 0.15) is 12.7 Å². The van der Waals surface area contributed by atoms with Gasteiger partial charge in [-0.1, -0.05) is 30.3 Å². The van der Waals surface area contributed by atoms with Gasteiger partial charge in [-0.3, -0.25) is 0 Å². The lowest BCUT2D eigenvalue weighted by Crippen LogP contribution is -2.30. The Labute approximate surface area is 144 Å². The van der Waals surface area contributed by atoms with Gasteiger partial charge >= 0.3 is 6.09 Å². The molecule has 7 nitrogen and oxygen atoms in total. The number of aliphatic hydroxyl groups is 2. The number of pyridine rings is 1. The van der Waals surface area contributed by atoms with Gasteiger partial charge < -0.3 is 26.0 Å². The lowest BCUT2D eigenvalue weighted by atomic mass is 10.1. The van der Waals surface area contributed by atoms with Crippen molar-refractivity contribution in [2.45, 2.75) is 25.2 Å². The van der Waals surface area contributed by atoms with Crippen LogP contribution < -0.4 is 11.1 Å². The second kappa shape index (κ2) is 8.95. The monoisotopic (exact) mass is 349 g/mol. The number of nitrogens with zero attached hydrogens (tertiary/aromatic N) is 1. The van der Waals surface area contributed by atoms with Crippen LogP contribution in [-0.2, 0) is 11.3 Å². The van der Waals surface area contributed by atoms with E-state index in [0.29, 0.717) is 0 Å². The van der Waals surface area contributed by atoms with Gasteiger partial charge in [0, 0.05) is 6.54 Å². The fourth-order valence-electron chi connectivity index (χ4n) is 2.13.